The van der Waals surface area contributed by atoms with Gasteiger partial charge < -0.3 is 30.0 Å². The molecule has 8 nitrogen and oxygen atoms in total. The Labute approximate surface area is 220 Å². The third kappa shape index (κ3) is 9.28. The molecule has 2 aromatic rings. The molecule has 3 N–H and O–H groups in total. The molecular weight excluding hydrogens is 466 g/mol. The second-order valence-corrected chi connectivity index (χ2v) is 9.68. The van der Waals surface area contributed by atoms with Gasteiger partial charge in [0.05, 0.1) is 36.8 Å². The van der Waals surface area contributed by atoms with Crippen LogP contribution >= 0.6 is 0 Å². The number of unbranched alkanes of at least 4 members (excludes halogenated alkanes) is 4. The summed E-state index contributed by atoms with van der Waals surface area (Å²) in [4.78, 5) is 22.0. The maximum Gasteiger partial charge on any atom is 0.315 e. The first-order chi connectivity index (χ1) is 18.3. The van der Waals surface area contributed by atoms with Crippen molar-refractivity contribution in [3.8, 4) is 0 Å². The van der Waals surface area contributed by atoms with Crippen LogP contribution in [0.5, 0.6) is 0 Å². The fourth-order valence-electron chi connectivity index (χ4n) is 4.72. The van der Waals surface area contributed by atoms with E-state index in [1.165, 1.54) is 12.0 Å². The van der Waals surface area contributed by atoms with Crippen molar-refractivity contribution in [2.24, 2.45) is 0 Å². The minimum Gasteiger partial charge on any atom is -0.490 e. The first kappa shape index (κ1) is 26.8. The minimum atomic E-state index is -0.117. The molecule has 8 heteroatoms. The zero-order valence-corrected chi connectivity index (χ0v) is 21.8. The topological polar surface area (TPSA) is 91.5 Å². The molecule has 0 saturated carbocycles. The largest absolute Gasteiger partial charge is 0.490 e. The van der Waals surface area contributed by atoms with Crippen LogP contribution in [0.2, 0.25) is 0 Å². The minimum absolute atomic E-state index is 0.0491. The second kappa shape index (κ2) is 15.1. The Balaban J connectivity index is 1.00. The van der Waals surface area contributed by atoms with E-state index in [1.807, 2.05) is 18.3 Å². The van der Waals surface area contributed by atoms with Crippen molar-refractivity contribution in [2.75, 3.05) is 32.9 Å². The number of urea groups is 1. The highest BCUT2D eigenvalue weighted by Gasteiger charge is 2.26. The van der Waals surface area contributed by atoms with Crippen molar-refractivity contribution in [2.45, 2.75) is 64.0 Å². The molecule has 0 spiro atoms. The number of hydrogen-bond acceptors (Lipinski definition) is 5. The van der Waals surface area contributed by atoms with Crippen LogP contribution in [0.15, 0.2) is 66.5 Å². The number of nitrogens with zero attached hydrogens (tertiary/aromatic N) is 2. The fraction of sp³-hybridized carbons (Fsp3) is 0.517. The summed E-state index contributed by atoms with van der Waals surface area (Å²) < 4.78 is 11.6. The van der Waals surface area contributed by atoms with Crippen molar-refractivity contribution in [1.82, 2.24) is 25.5 Å². The Kier molecular flexibility index (Phi) is 10.9. The van der Waals surface area contributed by atoms with Gasteiger partial charge in [0.15, 0.2) is 0 Å². The predicted molar refractivity (Wildman–Crippen MR) is 145 cm³/mol. The van der Waals surface area contributed by atoms with Gasteiger partial charge in [0.2, 0.25) is 0 Å². The number of rotatable bonds is 15. The lowest BCUT2D eigenvalue weighted by Crippen LogP contribution is -2.44. The molecule has 37 heavy (non-hydrogen) atoms. The van der Waals surface area contributed by atoms with Gasteiger partial charge in [-0.1, -0.05) is 49.2 Å². The van der Waals surface area contributed by atoms with Crippen LogP contribution in [0.1, 0.15) is 56.2 Å². The number of benzene rings is 1. The molecule has 1 aromatic carbocycles. The average molecular weight is 508 g/mol. The number of carbonyl (C=O) groups excluding carboxylic acids is 1. The summed E-state index contributed by atoms with van der Waals surface area (Å²) in [7, 11) is 0. The van der Waals surface area contributed by atoms with Crippen LogP contribution in [0.25, 0.3) is 0 Å². The van der Waals surface area contributed by atoms with Gasteiger partial charge in [-0.05, 0) is 43.7 Å². The number of imidazole rings is 1. The molecule has 2 amide bonds. The molecule has 0 bridgehead atoms. The Morgan fingerprint density at radius 3 is 2.78 bits per heavy atom. The van der Waals surface area contributed by atoms with Crippen LogP contribution < -0.4 is 10.6 Å². The Morgan fingerprint density at radius 1 is 1.11 bits per heavy atom. The van der Waals surface area contributed by atoms with E-state index < -0.39 is 0 Å². The summed E-state index contributed by atoms with van der Waals surface area (Å²) in [5.41, 5.74) is 3.52. The number of aromatic nitrogens is 2. The van der Waals surface area contributed by atoms with E-state index in [9.17, 15) is 4.79 Å². The number of aromatic amines is 1. The zero-order valence-electron chi connectivity index (χ0n) is 21.8. The molecule has 0 fully saturated rings. The number of amides is 2. The van der Waals surface area contributed by atoms with Gasteiger partial charge in [-0.25, -0.2) is 9.78 Å². The van der Waals surface area contributed by atoms with Gasteiger partial charge in [-0.2, -0.15) is 0 Å². The SMILES string of the molecule is O=C(NCCCCCCOCCCCc1ccccc1)NC1C=CC2=C(C1)N(Cc1c[nH]cn1)CCO2. The van der Waals surface area contributed by atoms with E-state index in [2.05, 4.69) is 55.8 Å². The van der Waals surface area contributed by atoms with Gasteiger partial charge in [-0.3, -0.25) is 0 Å². The Morgan fingerprint density at radius 2 is 1.95 bits per heavy atom. The average Bonchev–Trinajstić information content (AvgIpc) is 3.43. The van der Waals surface area contributed by atoms with Crippen molar-refractivity contribution < 1.29 is 14.3 Å². The van der Waals surface area contributed by atoms with E-state index in [0.29, 0.717) is 13.2 Å². The molecule has 2 heterocycles. The van der Waals surface area contributed by atoms with Gasteiger partial charge in [-0.15, -0.1) is 0 Å². The molecule has 1 atom stereocenters. The molecule has 0 saturated heterocycles. The third-order valence-electron chi connectivity index (χ3n) is 6.75. The van der Waals surface area contributed by atoms with Crippen LogP contribution in [-0.2, 0) is 22.4 Å². The van der Waals surface area contributed by atoms with Crippen molar-refractivity contribution in [1.29, 1.82) is 0 Å². The van der Waals surface area contributed by atoms with Gasteiger partial charge in [0, 0.05) is 32.4 Å². The molecule has 200 valence electrons. The van der Waals surface area contributed by atoms with Crippen LogP contribution in [0.3, 0.4) is 0 Å². The fourth-order valence-corrected chi connectivity index (χ4v) is 4.72. The lowest BCUT2D eigenvalue weighted by molar-refractivity contribution is 0.126. The highest BCUT2D eigenvalue weighted by atomic mass is 16.5. The zero-order chi connectivity index (χ0) is 25.5. The smallest absolute Gasteiger partial charge is 0.315 e. The quantitative estimate of drug-likeness (QED) is 0.305. The lowest BCUT2D eigenvalue weighted by Gasteiger charge is -2.36. The molecule has 1 aliphatic heterocycles. The molecule has 0 radical (unpaired) electrons. The monoisotopic (exact) mass is 507 g/mol. The molecule has 4 rings (SSSR count). The van der Waals surface area contributed by atoms with Crippen LogP contribution in [0, 0.1) is 0 Å². The Hall–Kier alpha value is -3.26. The Bertz CT molecular complexity index is 990. The van der Waals surface area contributed by atoms with E-state index >= 15 is 0 Å². The highest BCUT2D eigenvalue weighted by Crippen LogP contribution is 2.28. The number of H-pyrrole nitrogens is 1. The van der Waals surface area contributed by atoms with Crippen molar-refractivity contribution in [3.05, 3.63) is 77.7 Å². The van der Waals surface area contributed by atoms with Crippen LogP contribution in [-0.4, -0.2) is 59.9 Å². The predicted octanol–water partition coefficient (Wildman–Crippen LogP) is 4.68. The first-order valence-corrected chi connectivity index (χ1v) is 13.7. The number of allylic oxidation sites excluding steroid dienone is 1. The van der Waals surface area contributed by atoms with E-state index in [0.717, 1.165) is 88.4 Å². The summed E-state index contributed by atoms with van der Waals surface area (Å²) in [5.74, 6) is 0.899. The number of carbonyl (C=O) groups is 1. The molecule has 1 unspecified atom stereocenters. The van der Waals surface area contributed by atoms with E-state index in [-0.39, 0.29) is 12.1 Å². The summed E-state index contributed by atoms with van der Waals surface area (Å²) in [6.07, 6.45) is 16.0. The van der Waals surface area contributed by atoms with Gasteiger partial charge in [0.25, 0.3) is 0 Å². The lowest BCUT2D eigenvalue weighted by atomic mass is 10.0. The summed E-state index contributed by atoms with van der Waals surface area (Å²) in [6.45, 7) is 4.56. The standard InChI is InChI=1S/C29H41N5O3/c35-29(31-15-7-1-2-8-17-36-18-9-6-12-24-10-4-3-5-11-24)33-25-13-14-28-27(20-25)34(16-19-37-28)22-26-21-30-23-32-26/h3-5,10-11,13-14,21,23,25H,1-2,6-9,12,15-20,22H2,(H,30,32)(H2,31,33,35). The van der Waals surface area contributed by atoms with E-state index in [1.54, 1.807) is 6.33 Å². The normalized spacial score (nSPS) is 16.9. The molecule has 1 aliphatic carbocycles. The molecule has 1 aromatic heterocycles. The number of nitrogens with one attached hydrogen (secondary N) is 3. The maximum absolute atomic E-state index is 12.4. The maximum atomic E-state index is 12.4. The highest BCUT2D eigenvalue weighted by molar-refractivity contribution is 5.74. The van der Waals surface area contributed by atoms with Gasteiger partial charge in [0.1, 0.15) is 12.4 Å². The van der Waals surface area contributed by atoms with Crippen LogP contribution in [0.4, 0.5) is 4.79 Å². The van der Waals surface area contributed by atoms with E-state index in [4.69, 9.17) is 9.47 Å². The molecular formula is C29H41N5O3. The summed E-state index contributed by atoms with van der Waals surface area (Å²) >= 11 is 0. The summed E-state index contributed by atoms with van der Waals surface area (Å²) in [6, 6.07) is 10.5. The summed E-state index contributed by atoms with van der Waals surface area (Å²) in [5, 5.41) is 6.08. The second-order valence-electron chi connectivity index (χ2n) is 9.68. The first-order valence-electron chi connectivity index (χ1n) is 13.7. The van der Waals surface area contributed by atoms with Crippen molar-refractivity contribution >= 4 is 6.03 Å². The number of aryl methyl sites for hydroxylation is 1. The molecule has 2 aliphatic rings. The van der Waals surface area contributed by atoms with Gasteiger partial charge >= 0.3 is 6.03 Å². The third-order valence-corrected chi connectivity index (χ3v) is 6.75. The number of hydrogen-bond donors (Lipinski definition) is 3. The van der Waals surface area contributed by atoms with Crippen molar-refractivity contribution in [3.63, 3.8) is 0 Å². The number of ether oxygens (including phenoxy) is 2.